The van der Waals surface area contributed by atoms with Crippen molar-refractivity contribution in [3.05, 3.63) is 29.3 Å². The number of hydrogen-bond donors (Lipinski definition) is 3. The highest BCUT2D eigenvalue weighted by atomic mass is 16.7. The average molecular weight is 398 g/mol. The number of rotatable bonds is 6. The van der Waals surface area contributed by atoms with Crippen molar-refractivity contribution in [2.75, 3.05) is 0 Å². The lowest BCUT2D eigenvalue weighted by Gasteiger charge is -2.35. The number of benzene rings is 1. The lowest BCUT2D eigenvalue weighted by molar-refractivity contribution is -0.238. The minimum absolute atomic E-state index is 0.125. The summed E-state index contributed by atoms with van der Waals surface area (Å²) in [6, 6.07) is 5.06. The molecule has 2 rings (SSSR count). The zero-order chi connectivity index (χ0) is 21.4. The van der Waals surface area contributed by atoms with Crippen LogP contribution in [0.25, 0.3) is 0 Å². The summed E-state index contributed by atoms with van der Waals surface area (Å²) in [5.74, 6) is -1.37. The normalized spacial score (nSPS) is 24.1. The first-order chi connectivity index (χ1) is 13.2. The third-order valence-corrected chi connectivity index (χ3v) is 4.04. The number of ether oxygens (including phenoxy) is 3. The molecule has 1 aromatic carbocycles. The summed E-state index contributed by atoms with van der Waals surface area (Å²) in [5, 5.41) is 28.8. The third-order valence-electron chi connectivity index (χ3n) is 4.04. The molecular formula is C20H30O8. The van der Waals surface area contributed by atoms with Crippen LogP contribution in [0.3, 0.4) is 0 Å². The van der Waals surface area contributed by atoms with E-state index >= 15 is 0 Å². The SMILES string of the molecule is CC.Cc1cc(COC(=O)C(C)C)ccc1OC1OC(C(=O)O)CC(O)[C@H]1O. The molecule has 28 heavy (non-hydrogen) atoms. The van der Waals surface area contributed by atoms with Gasteiger partial charge in [-0.25, -0.2) is 4.79 Å². The van der Waals surface area contributed by atoms with Crippen LogP contribution in [0.5, 0.6) is 5.75 Å². The molecule has 0 radical (unpaired) electrons. The lowest BCUT2D eigenvalue weighted by Crippen LogP contribution is -2.52. The van der Waals surface area contributed by atoms with E-state index in [9.17, 15) is 19.8 Å². The van der Waals surface area contributed by atoms with Crippen LogP contribution >= 0.6 is 0 Å². The van der Waals surface area contributed by atoms with Crippen LogP contribution in [-0.4, -0.2) is 51.9 Å². The Morgan fingerprint density at radius 1 is 1.25 bits per heavy atom. The molecule has 0 amide bonds. The zero-order valence-corrected chi connectivity index (χ0v) is 16.9. The number of carbonyl (C=O) groups excluding carboxylic acids is 1. The van der Waals surface area contributed by atoms with Crippen molar-refractivity contribution in [1.29, 1.82) is 0 Å². The number of esters is 1. The highest BCUT2D eigenvalue weighted by Crippen LogP contribution is 2.27. The van der Waals surface area contributed by atoms with Crippen molar-refractivity contribution < 1.29 is 39.1 Å². The van der Waals surface area contributed by atoms with Crippen molar-refractivity contribution in [1.82, 2.24) is 0 Å². The standard InChI is InChI=1S/C18H24O8.C2H6/c1-9(2)17(23)24-8-11-4-5-13(10(3)6-11)25-18-15(20)12(19)7-14(26-18)16(21)22;1-2/h4-6,9,12,14-15,18-20H,7-8H2,1-3H3,(H,21,22);1-2H3/t12?,14?,15-,18?;/m1./s1. The Balaban J connectivity index is 0.00000190. The Morgan fingerprint density at radius 2 is 1.89 bits per heavy atom. The number of aliphatic hydroxyl groups excluding tert-OH is 2. The van der Waals surface area contributed by atoms with Crippen LogP contribution in [0.1, 0.15) is 45.2 Å². The largest absolute Gasteiger partial charge is 0.479 e. The fourth-order valence-electron chi connectivity index (χ4n) is 2.47. The number of carboxylic acid groups (broad SMARTS) is 1. The van der Waals surface area contributed by atoms with E-state index in [0.29, 0.717) is 11.3 Å². The van der Waals surface area contributed by atoms with Gasteiger partial charge < -0.3 is 29.5 Å². The van der Waals surface area contributed by atoms with E-state index in [-0.39, 0.29) is 24.9 Å². The van der Waals surface area contributed by atoms with Crippen LogP contribution in [0, 0.1) is 12.8 Å². The molecule has 4 atom stereocenters. The topological polar surface area (TPSA) is 123 Å². The summed E-state index contributed by atoms with van der Waals surface area (Å²) in [5.41, 5.74) is 1.45. The minimum Gasteiger partial charge on any atom is -0.479 e. The number of aliphatic hydroxyl groups is 2. The van der Waals surface area contributed by atoms with Gasteiger partial charge in [-0.15, -0.1) is 0 Å². The number of aliphatic carboxylic acids is 1. The Hall–Kier alpha value is -2.16. The van der Waals surface area contributed by atoms with E-state index in [0.717, 1.165) is 5.56 Å². The summed E-state index contributed by atoms with van der Waals surface area (Å²) in [6.45, 7) is 9.38. The molecule has 8 nitrogen and oxygen atoms in total. The average Bonchev–Trinajstić information content (AvgIpc) is 2.66. The summed E-state index contributed by atoms with van der Waals surface area (Å²) in [4.78, 5) is 22.6. The van der Waals surface area contributed by atoms with Gasteiger partial charge in [0.25, 0.3) is 0 Å². The first-order valence-electron chi connectivity index (χ1n) is 9.36. The number of carboxylic acids is 1. The van der Waals surface area contributed by atoms with Crippen molar-refractivity contribution in [3.8, 4) is 5.75 Å². The van der Waals surface area contributed by atoms with E-state index in [1.54, 1.807) is 39.0 Å². The van der Waals surface area contributed by atoms with Crippen LogP contribution in [0.15, 0.2) is 18.2 Å². The van der Waals surface area contributed by atoms with Gasteiger partial charge >= 0.3 is 11.9 Å². The van der Waals surface area contributed by atoms with E-state index in [4.69, 9.17) is 19.3 Å². The molecule has 1 saturated heterocycles. The van der Waals surface area contributed by atoms with Crippen LogP contribution in [-0.2, 0) is 25.7 Å². The van der Waals surface area contributed by atoms with Crippen molar-refractivity contribution in [2.24, 2.45) is 5.92 Å². The van der Waals surface area contributed by atoms with Crippen molar-refractivity contribution in [3.63, 3.8) is 0 Å². The quantitative estimate of drug-likeness (QED) is 0.622. The molecular weight excluding hydrogens is 368 g/mol. The maximum atomic E-state index is 11.5. The fourth-order valence-corrected chi connectivity index (χ4v) is 2.47. The fraction of sp³-hybridized carbons (Fsp3) is 0.600. The molecule has 0 aliphatic carbocycles. The lowest BCUT2D eigenvalue weighted by atomic mass is 10.0. The second-order valence-corrected chi connectivity index (χ2v) is 6.61. The van der Waals surface area contributed by atoms with Crippen LogP contribution in [0.4, 0.5) is 0 Å². The monoisotopic (exact) mass is 398 g/mol. The summed E-state index contributed by atoms with van der Waals surface area (Å²) < 4.78 is 16.0. The van der Waals surface area contributed by atoms with Crippen molar-refractivity contribution in [2.45, 2.75) is 72.2 Å². The minimum atomic E-state index is -1.36. The molecule has 1 heterocycles. The first-order valence-corrected chi connectivity index (χ1v) is 9.36. The molecule has 1 fully saturated rings. The molecule has 3 unspecified atom stereocenters. The predicted octanol–water partition coefficient (Wildman–Crippen LogP) is 2.02. The van der Waals surface area contributed by atoms with Crippen molar-refractivity contribution >= 4 is 11.9 Å². The van der Waals surface area contributed by atoms with E-state index in [1.807, 2.05) is 13.8 Å². The summed E-state index contributed by atoms with van der Waals surface area (Å²) in [7, 11) is 0. The molecule has 0 saturated carbocycles. The Bertz CT molecular complexity index is 658. The molecule has 0 bridgehead atoms. The van der Waals surface area contributed by atoms with Gasteiger partial charge in [0.1, 0.15) is 18.5 Å². The van der Waals surface area contributed by atoms with Crippen LogP contribution in [0.2, 0.25) is 0 Å². The van der Waals surface area contributed by atoms with Gasteiger partial charge in [-0.3, -0.25) is 4.79 Å². The van der Waals surface area contributed by atoms with Gasteiger partial charge in [0.05, 0.1) is 12.0 Å². The van der Waals surface area contributed by atoms with Gasteiger partial charge in [0.2, 0.25) is 6.29 Å². The van der Waals surface area contributed by atoms with Gasteiger partial charge in [-0.2, -0.15) is 0 Å². The third kappa shape index (κ3) is 6.47. The smallest absolute Gasteiger partial charge is 0.333 e. The maximum Gasteiger partial charge on any atom is 0.333 e. The van der Waals surface area contributed by atoms with Gasteiger partial charge in [-0.1, -0.05) is 33.8 Å². The first kappa shape index (κ1) is 23.9. The molecule has 1 aliphatic heterocycles. The van der Waals surface area contributed by atoms with Gasteiger partial charge in [0, 0.05) is 6.42 Å². The molecule has 0 spiro atoms. The summed E-state index contributed by atoms with van der Waals surface area (Å²) in [6.07, 6.45) is -5.40. The number of hydrogen-bond acceptors (Lipinski definition) is 7. The summed E-state index contributed by atoms with van der Waals surface area (Å²) >= 11 is 0. The molecule has 1 aromatic rings. The second kappa shape index (κ2) is 11.0. The molecule has 0 aromatic heterocycles. The Morgan fingerprint density at radius 3 is 2.43 bits per heavy atom. The number of carbonyl (C=O) groups is 2. The Labute approximate surface area is 165 Å². The number of aryl methyl sites for hydroxylation is 1. The highest BCUT2D eigenvalue weighted by molar-refractivity contribution is 5.72. The van der Waals surface area contributed by atoms with Crippen LogP contribution < -0.4 is 4.74 Å². The molecule has 158 valence electrons. The maximum absolute atomic E-state index is 11.5. The second-order valence-electron chi connectivity index (χ2n) is 6.61. The van der Waals surface area contributed by atoms with Gasteiger partial charge in [0.15, 0.2) is 6.10 Å². The zero-order valence-electron chi connectivity index (χ0n) is 16.9. The van der Waals surface area contributed by atoms with Gasteiger partial charge in [-0.05, 0) is 30.2 Å². The van der Waals surface area contributed by atoms with E-state index < -0.39 is 30.6 Å². The van der Waals surface area contributed by atoms with E-state index in [1.165, 1.54) is 0 Å². The predicted molar refractivity (Wildman–Crippen MR) is 101 cm³/mol. The molecule has 1 aliphatic rings. The van der Waals surface area contributed by atoms with E-state index in [2.05, 4.69) is 0 Å². The molecule has 8 heteroatoms. The molecule has 3 N–H and O–H groups in total. The Kier molecular flexibility index (Phi) is 9.37. The highest BCUT2D eigenvalue weighted by Gasteiger charge is 2.41.